The molecule has 0 bridgehead atoms. The molecule has 0 spiro atoms. The summed E-state index contributed by atoms with van der Waals surface area (Å²) >= 11 is 5.16. The fourth-order valence-electron chi connectivity index (χ4n) is 2.60. The first-order valence-corrected chi connectivity index (χ1v) is 9.07. The van der Waals surface area contributed by atoms with Gasteiger partial charge in [0, 0.05) is 19.5 Å². The predicted molar refractivity (Wildman–Crippen MR) is 99.1 cm³/mol. The summed E-state index contributed by atoms with van der Waals surface area (Å²) < 4.78 is 0. The van der Waals surface area contributed by atoms with Crippen LogP contribution in [0.1, 0.15) is 26.7 Å². The van der Waals surface area contributed by atoms with Crippen molar-refractivity contribution in [3.05, 3.63) is 12.2 Å². The summed E-state index contributed by atoms with van der Waals surface area (Å²) in [4.78, 5) is 0. The van der Waals surface area contributed by atoms with Gasteiger partial charge in [-0.3, -0.25) is 0 Å². The highest BCUT2D eigenvalue weighted by Crippen LogP contribution is 2.14. The molecule has 1 aliphatic rings. The van der Waals surface area contributed by atoms with Gasteiger partial charge in [0.2, 0.25) is 0 Å². The van der Waals surface area contributed by atoms with Crippen LogP contribution < -0.4 is 16.0 Å². The van der Waals surface area contributed by atoms with Crippen LogP contribution in [0.5, 0.6) is 0 Å². The maximum Gasteiger partial charge on any atom is 0.166 e. The lowest BCUT2D eigenvalue weighted by atomic mass is 9.93. The summed E-state index contributed by atoms with van der Waals surface area (Å²) in [5.74, 6) is 0. The zero-order valence-corrected chi connectivity index (χ0v) is 15.5. The zero-order chi connectivity index (χ0) is 19.0. The van der Waals surface area contributed by atoms with E-state index in [-0.39, 0.29) is 13.0 Å². The number of aliphatic hydroxyl groups is 5. The van der Waals surface area contributed by atoms with Gasteiger partial charge >= 0.3 is 0 Å². The van der Waals surface area contributed by atoms with Crippen molar-refractivity contribution in [2.24, 2.45) is 0 Å². The van der Waals surface area contributed by atoms with Crippen LogP contribution in [-0.4, -0.2) is 86.3 Å². The van der Waals surface area contributed by atoms with Crippen LogP contribution in [-0.2, 0) is 0 Å². The average Bonchev–Trinajstić information content (AvgIpc) is 2.57. The van der Waals surface area contributed by atoms with Crippen molar-refractivity contribution in [1.82, 2.24) is 16.0 Å². The summed E-state index contributed by atoms with van der Waals surface area (Å²) in [5.41, 5.74) is 0. The van der Waals surface area contributed by atoms with Gasteiger partial charge in [0.15, 0.2) is 5.11 Å². The second-order valence-corrected chi connectivity index (χ2v) is 6.67. The van der Waals surface area contributed by atoms with Crippen LogP contribution in [0.25, 0.3) is 0 Å². The molecular weight excluding hydrogens is 346 g/mol. The van der Waals surface area contributed by atoms with E-state index in [1.165, 1.54) is 6.08 Å². The van der Waals surface area contributed by atoms with Crippen LogP contribution in [0, 0.1) is 0 Å². The molecule has 0 aliphatic heterocycles. The van der Waals surface area contributed by atoms with Gasteiger partial charge in [0.25, 0.3) is 0 Å². The Morgan fingerprint density at radius 1 is 1.12 bits per heavy atom. The highest BCUT2D eigenvalue weighted by molar-refractivity contribution is 7.80. The third-order valence-corrected chi connectivity index (χ3v) is 4.52. The molecule has 0 saturated carbocycles. The first-order valence-electron chi connectivity index (χ1n) is 8.66. The van der Waals surface area contributed by atoms with E-state index in [0.717, 1.165) is 0 Å². The Morgan fingerprint density at radius 2 is 1.80 bits per heavy atom. The molecule has 1 rings (SSSR count). The number of aliphatic hydroxyl groups excluding tert-OH is 5. The molecule has 146 valence electrons. The van der Waals surface area contributed by atoms with Crippen molar-refractivity contribution >= 4 is 17.3 Å². The van der Waals surface area contributed by atoms with E-state index in [4.69, 9.17) is 12.2 Å². The van der Waals surface area contributed by atoms with Crippen molar-refractivity contribution in [3.63, 3.8) is 0 Å². The SMILES string of the molecule is CCNC(=S)NC(CNC1C=CC(O)C(O)C1O)C(O)CC(O)CC. The Morgan fingerprint density at radius 3 is 2.40 bits per heavy atom. The highest BCUT2D eigenvalue weighted by atomic mass is 32.1. The minimum absolute atomic E-state index is 0.189. The van der Waals surface area contributed by atoms with Crippen molar-refractivity contribution in [3.8, 4) is 0 Å². The van der Waals surface area contributed by atoms with E-state index in [1.807, 2.05) is 13.8 Å². The third-order valence-electron chi connectivity index (χ3n) is 4.26. The fraction of sp³-hybridized carbons (Fsp3) is 0.812. The molecule has 0 saturated heterocycles. The molecule has 0 radical (unpaired) electrons. The summed E-state index contributed by atoms with van der Waals surface area (Å²) in [6.45, 7) is 4.59. The van der Waals surface area contributed by atoms with Crippen LogP contribution in [0.2, 0.25) is 0 Å². The van der Waals surface area contributed by atoms with E-state index in [0.29, 0.717) is 18.1 Å². The van der Waals surface area contributed by atoms with E-state index in [1.54, 1.807) is 6.08 Å². The van der Waals surface area contributed by atoms with Crippen LogP contribution in [0.3, 0.4) is 0 Å². The van der Waals surface area contributed by atoms with Gasteiger partial charge in [-0.15, -0.1) is 0 Å². The maximum atomic E-state index is 10.4. The monoisotopic (exact) mass is 377 g/mol. The number of hydrogen-bond acceptors (Lipinski definition) is 7. The maximum absolute atomic E-state index is 10.4. The molecule has 7 unspecified atom stereocenters. The van der Waals surface area contributed by atoms with E-state index in [9.17, 15) is 25.5 Å². The lowest BCUT2D eigenvalue weighted by molar-refractivity contribution is -0.0571. The van der Waals surface area contributed by atoms with Crippen molar-refractivity contribution in [2.75, 3.05) is 13.1 Å². The minimum Gasteiger partial charge on any atom is -0.393 e. The number of thiocarbonyl (C=S) groups is 1. The van der Waals surface area contributed by atoms with Gasteiger partial charge in [0.1, 0.15) is 18.3 Å². The number of rotatable bonds is 9. The highest BCUT2D eigenvalue weighted by Gasteiger charge is 2.33. The molecule has 25 heavy (non-hydrogen) atoms. The molecule has 0 amide bonds. The largest absolute Gasteiger partial charge is 0.393 e. The molecule has 1 aliphatic carbocycles. The first kappa shape index (κ1) is 22.2. The van der Waals surface area contributed by atoms with Crippen molar-refractivity contribution < 1.29 is 25.5 Å². The predicted octanol–water partition coefficient (Wildman–Crippen LogP) is -2.03. The van der Waals surface area contributed by atoms with Crippen LogP contribution in [0.4, 0.5) is 0 Å². The van der Waals surface area contributed by atoms with Gasteiger partial charge in [-0.2, -0.15) is 0 Å². The van der Waals surface area contributed by atoms with Crippen molar-refractivity contribution in [2.45, 2.75) is 69.3 Å². The van der Waals surface area contributed by atoms with E-state index in [2.05, 4.69) is 16.0 Å². The van der Waals surface area contributed by atoms with Gasteiger partial charge in [0.05, 0.1) is 24.3 Å². The lowest BCUT2D eigenvalue weighted by Crippen LogP contribution is -2.57. The minimum atomic E-state index is -1.27. The zero-order valence-electron chi connectivity index (χ0n) is 14.7. The Balaban J connectivity index is 2.68. The second-order valence-electron chi connectivity index (χ2n) is 6.27. The summed E-state index contributed by atoms with van der Waals surface area (Å²) in [6.07, 6.45) is -1.31. The first-order chi connectivity index (χ1) is 11.8. The van der Waals surface area contributed by atoms with Gasteiger partial charge in [-0.05, 0) is 25.6 Å². The Bertz CT molecular complexity index is 440. The molecule has 0 aromatic heterocycles. The molecule has 8 N–H and O–H groups in total. The Hall–Kier alpha value is -0.810. The quantitative estimate of drug-likeness (QED) is 0.169. The topological polar surface area (TPSA) is 137 Å². The number of hydrogen-bond donors (Lipinski definition) is 8. The molecule has 9 heteroatoms. The Labute approximate surface area is 153 Å². The third kappa shape index (κ3) is 7.14. The smallest absolute Gasteiger partial charge is 0.166 e. The van der Waals surface area contributed by atoms with Gasteiger partial charge in [-0.1, -0.05) is 19.1 Å². The second kappa shape index (κ2) is 11.0. The van der Waals surface area contributed by atoms with Crippen LogP contribution in [0.15, 0.2) is 12.2 Å². The normalized spacial score (nSPS) is 29.7. The van der Waals surface area contributed by atoms with Gasteiger partial charge in [-0.25, -0.2) is 0 Å². The summed E-state index contributed by atoms with van der Waals surface area (Å²) in [6, 6.07) is -1.07. The summed E-state index contributed by atoms with van der Waals surface area (Å²) in [5, 5.41) is 58.8. The molecule has 0 aromatic rings. The van der Waals surface area contributed by atoms with Gasteiger partial charge < -0.3 is 41.5 Å². The fourth-order valence-corrected chi connectivity index (χ4v) is 2.90. The molecule has 0 heterocycles. The summed E-state index contributed by atoms with van der Waals surface area (Å²) in [7, 11) is 0. The lowest BCUT2D eigenvalue weighted by Gasteiger charge is -2.34. The molecule has 8 nitrogen and oxygen atoms in total. The van der Waals surface area contributed by atoms with E-state index >= 15 is 0 Å². The molecule has 0 fully saturated rings. The Kier molecular flexibility index (Phi) is 9.80. The van der Waals surface area contributed by atoms with E-state index < -0.39 is 42.6 Å². The van der Waals surface area contributed by atoms with Crippen LogP contribution >= 0.6 is 12.2 Å². The number of nitrogens with one attached hydrogen (secondary N) is 3. The molecule has 0 aromatic carbocycles. The molecular formula is C16H31N3O5S. The standard InChI is InChI=1S/C16H31N3O5S/c1-3-9(20)7-13(22)11(19-16(25)17-4-2)8-18-10-5-6-12(21)15(24)14(10)23/h5-6,9-15,18,20-24H,3-4,7-8H2,1-2H3,(H2,17,19,25). The molecule has 7 atom stereocenters. The van der Waals surface area contributed by atoms with Crippen molar-refractivity contribution in [1.29, 1.82) is 0 Å². The average molecular weight is 378 g/mol.